The molecule has 1 atom stereocenters. The fraction of sp³-hybridized carbons (Fsp3) is 0.500. The first kappa shape index (κ1) is 10.1. The zero-order chi connectivity index (χ0) is 9.97. The largest absolute Gasteiger partial charge is 0.336 e. The van der Waals surface area contributed by atoms with Crippen LogP contribution in [0.4, 0.5) is 0 Å². The van der Waals surface area contributed by atoms with Crippen molar-refractivity contribution in [1.82, 2.24) is 4.90 Å². The molecule has 1 aromatic heterocycles. The number of amides is 1. The molecule has 0 N–H and O–H groups in total. The van der Waals surface area contributed by atoms with E-state index in [1.807, 2.05) is 34.2 Å². The van der Waals surface area contributed by atoms with Gasteiger partial charge < -0.3 is 4.90 Å². The monoisotopic (exact) mass is 227 g/mol. The minimum absolute atomic E-state index is 0.201. The predicted octanol–water partition coefficient (Wildman–Crippen LogP) is 2.33. The van der Waals surface area contributed by atoms with Gasteiger partial charge in [-0.1, -0.05) is 13.0 Å². The Hall–Kier alpha value is -0.480. The molecule has 0 bridgehead atoms. The lowest BCUT2D eigenvalue weighted by molar-refractivity contribution is 0.0768. The van der Waals surface area contributed by atoms with Crippen LogP contribution in [0.2, 0.25) is 0 Å². The normalized spacial score (nSPS) is 22.4. The molecular weight excluding hydrogens is 214 g/mol. The summed E-state index contributed by atoms with van der Waals surface area (Å²) in [5, 5.41) is 2.53. The van der Waals surface area contributed by atoms with Crippen LogP contribution >= 0.6 is 23.1 Å². The number of nitrogens with zero attached hydrogens (tertiary/aromatic N) is 1. The summed E-state index contributed by atoms with van der Waals surface area (Å²) in [5.74, 6) is 1.27. The van der Waals surface area contributed by atoms with E-state index in [-0.39, 0.29) is 5.91 Å². The predicted molar refractivity (Wildman–Crippen MR) is 62.1 cm³/mol. The molecule has 2 heterocycles. The number of rotatable bonds is 1. The summed E-state index contributed by atoms with van der Waals surface area (Å²) in [4.78, 5) is 14.8. The average molecular weight is 227 g/mol. The second kappa shape index (κ2) is 4.36. The Morgan fingerprint density at radius 2 is 2.50 bits per heavy atom. The van der Waals surface area contributed by atoms with Gasteiger partial charge in [-0.15, -0.1) is 11.3 Å². The van der Waals surface area contributed by atoms with Crippen LogP contribution in [0, 0.1) is 0 Å². The maximum absolute atomic E-state index is 11.9. The second-order valence-electron chi connectivity index (χ2n) is 3.41. The highest BCUT2D eigenvalue weighted by Gasteiger charge is 2.22. The molecule has 0 saturated carbocycles. The fourth-order valence-electron chi connectivity index (χ4n) is 1.56. The zero-order valence-electron chi connectivity index (χ0n) is 8.10. The van der Waals surface area contributed by atoms with E-state index in [0.717, 1.165) is 23.7 Å². The highest BCUT2D eigenvalue weighted by molar-refractivity contribution is 7.99. The van der Waals surface area contributed by atoms with E-state index in [2.05, 4.69) is 6.92 Å². The molecular formula is C10H13NOS2. The van der Waals surface area contributed by atoms with Crippen LogP contribution in [0.15, 0.2) is 17.5 Å². The van der Waals surface area contributed by atoms with Crippen molar-refractivity contribution in [3.63, 3.8) is 0 Å². The van der Waals surface area contributed by atoms with Crippen molar-refractivity contribution in [2.45, 2.75) is 12.2 Å². The van der Waals surface area contributed by atoms with E-state index in [1.165, 1.54) is 11.3 Å². The SMILES string of the molecule is CC1CN(C(=O)c2cccs2)CCS1. The van der Waals surface area contributed by atoms with Crippen LogP contribution in [-0.4, -0.2) is 34.9 Å². The van der Waals surface area contributed by atoms with Crippen molar-refractivity contribution in [2.75, 3.05) is 18.8 Å². The van der Waals surface area contributed by atoms with Gasteiger partial charge in [0.2, 0.25) is 0 Å². The molecule has 1 saturated heterocycles. The molecule has 14 heavy (non-hydrogen) atoms. The van der Waals surface area contributed by atoms with Gasteiger partial charge in [-0.2, -0.15) is 11.8 Å². The molecule has 1 aliphatic heterocycles. The lowest BCUT2D eigenvalue weighted by Crippen LogP contribution is -2.40. The van der Waals surface area contributed by atoms with Gasteiger partial charge in [0.15, 0.2) is 0 Å². The Morgan fingerprint density at radius 1 is 1.64 bits per heavy atom. The Morgan fingerprint density at radius 3 is 3.14 bits per heavy atom. The van der Waals surface area contributed by atoms with Gasteiger partial charge in [-0.25, -0.2) is 0 Å². The number of hydrogen-bond acceptors (Lipinski definition) is 3. The highest BCUT2D eigenvalue weighted by atomic mass is 32.2. The fourth-order valence-corrected chi connectivity index (χ4v) is 3.26. The van der Waals surface area contributed by atoms with E-state index in [1.54, 1.807) is 0 Å². The number of carbonyl (C=O) groups excluding carboxylic acids is 1. The lowest BCUT2D eigenvalue weighted by Gasteiger charge is -2.30. The summed E-state index contributed by atoms with van der Waals surface area (Å²) in [6, 6.07) is 3.83. The van der Waals surface area contributed by atoms with Crippen molar-refractivity contribution in [3.8, 4) is 0 Å². The minimum atomic E-state index is 0.201. The van der Waals surface area contributed by atoms with Crippen molar-refractivity contribution in [1.29, 1.82) is 0 Å². The smallest absolute Gasteiger partial charge is 0.263 e. The molecule has 1 unspecified atom stereocenters. The molecule has 1 aromatic rings. The zero-order valence-corrected chi connectivity index (χ0v) is 9.74. The first-order valence-electron chi connectivity index (χ1n) is 4.72. The lowest BCUT2D eigenvalue weighted by atomic mass is 10.3. The molecule has 2 nitrogen and oxygen atoms in total. The van der Waals surface area contributed by atoms with Crippen molar-refractivity contribution in [3.05, 3.63) is 22.4 Å². The number of thioether (sulfide) groups is 1. The van der Waals surface area contributed by atoms with Crippen LogP contribution < -0.4 is 0 Å². The Labute approximate surface area is 92.3 Å². The highest BCUT2D eigenvalue weighted by Crippen LogP contribution is 2.20. The summed E-state index contributed by atoms with van der Waals surface area (Å²) >= 11 is 3.47. The van der Waals surface area contributed by atoms with Crippen LogP contribution in [0.5, 0.6) is 0 Å². The molecule has 1 aliphatic rings. The maximum atomic E-state index is 11.9. The first-order valence-corrected chi connectivity index (χ1v) is 6.64. The van der Waals surface area contributed by atoms with Gasteiger partial charge in [0.05, 0.1) is 4.88 Å². The van der Waals surface area contributed by atoms with Crippen LogP contribution in [0.1, 0.15) is 16.6 Å². The number of hydrogen-bond donors (Lipinski definition) is 0. The molecule has 4 heteroatoms. The van der Waals surface area contributed by atoms with Gasteiger partial charge in [-0.05, 0) is 11.4 Å². The molecule has 76 valence electrons. The van der Waals surface area contributed by atoms with E-state index in [9.17, 15) is 4.79 Å². The van der Waals surface area contributed by atoms with Crippen molar-refractivity contribution < 1.29 is 4.79 Å². The molecule has 1 amide bonds. The molecule has 0 aliphatic carbocycles. The molecule has 0 spiro atoms. The van der Waals surface area contributed by atoms with Crippen LogP contribution in [0.3, 0.4) is 0 Å². The van der Waals surface area contributed by atoms with Crippen LogP contribution in [-0.2, 0) is 0 Å². The van der Waals surface area contributed by atoms with Crippen molar-refractivity contribution >= 4 is 29.0 Å². The van der Waals surface area contributed by atoms with Crippen LogP contribution in [0.25, 0.3) is 0 Å². The second-order valence-corrected chi connectivity index (χ2v) is 5.90. The Bertz CT molecular complexity index is 310. The molecule has 2 rings (SSSR count). The topological polar surface area (TPSA) is 20.3 Å². The van der Waals surface area contributed by atoms with Gasteiger partial charge in [0.25, 0.3) is 5.91 Å². The minimum Gasteiger partial charge on any atom is -0.336 e. The van der Waals surface area contributed by atoms with Gasteiger partial charge in [0.1, 0.15) is 0 Å². The van der Waals surface area contributed by atoms with E-state index >= 15 is 0 Å². The third-order valence-electron chi connectivity index (χ3n) is 2.26. The van der Waals surface area contributed by atoms with E-state index in [0.29, 0.717) is 5.25 Å². The summed E-state index contributed by atoms with van der Waals surface area (Å²) in [6.07, 6.45) is 0. The van der Waals surface area contributed by atoms with Gasteiger partial charge in [-0.3, -0.25) is 4.79 Å². The summed E-state index contributed by atoms with van der Waals surface area (Å²) in [6.45, 7) is 3.96. The Kier molecular flexibility index (Phi) is 3.13. The summed E-state index contributed by atoms with van der Waals surface area (Å²) in [5.41, 5.74) is 0. The van der Waals surface area contributed by atoms with E-state index in [4.69, 9.17) is 0 Å². The first-order chi connectivity index (χ1) is 6.77. The standard InChI is InChI=1S/C10H13NOS2/c1-8-7-11(4-6-13-8)10(12)9-3-2-5-14-9/h2-3,5,8H,4,6-7H2,1H3. The quantitative estimate of drug-likeness (QED) is 0.734. The van der Waals surface area contributed by atoms with Gasteiger partial charge >= 0.3 is 0 Å². The maximum Gasteiger partial charge on any atom is 0.263 e. The van der Waals surface area contributed by atoms with Gasteiger partial charge in [0, 0.05) is 24.1 Å². The average Bonchev–Trinajstić information content (AvgIpc) is 2.69. The summed E-state index contributed by atoms with van der Waals surface area (Å²) in [7, 11) is 0. The number of thiophene rings is 1. The molecule has 0 aromatic carbocycles. The molecule has 1 fully saturated rings. The summed E-state index contributed by atoms with van der Waals surface area (Å²) < 4.78 is 0. The Balaban J connectivity index is 2.04. The third-order valence-corrected chi connectivity index (χ3v) is 4.25. The molecule has 0 radical (unpaired) electrons. The van der Waals surface area contributed by atoms with Crippen molar-refractivity contribution in [2.24, 2.45) is 0 Å². The number of carbonyl (C=O) groups is 1. The van der Waals surface area contributed by atoms with E-state index < -0.39 is 0 Å². The third kappa shape index (κ3) is 2.12.